The van der Waals surface area contributed by atoms with Crippen molar-refractivity contribution in [3.05, 3.63) is 65.1 Å². The number of aromatic nitrogens is 1. The first-order valence-corrected chi connectivity index (χ1v) is 13.2. The van der Waals surface area contributed by atoms with Crippen molar-refractivity contribution < 1.29 is 33.0 Å². The van der Waals surface area contributed by atoms with Crippen molar-refractivity contribution in [2.45, 2.75) is 31.8 Å². The Morgan fingerprint density at radius 2 is 1.88 bits per heavy atom. The zero-order valence-electron chi connectivity index (χ0n) is 23.2. The number of anilines is 1. The van der Waals surface area contributed by atoms with Gasteiger partial charge >= 0.3 is 0 Å². The number of carbonyl (C=O) groups excluding carboxylic acids is 1. The van der Waals surface area contributed by atoms with Crippen LogP contribution in [0.2, 0.25) is 0 Å². The standard InChI is InChI=1S/C30H33F3N4O4/c1-36(2)26-18-34-25-7-6-20(41-3)17-22(25)28(26)27(38)8-9-30(29(39)35-40)10-13-37(14-11-30)12-4-5-21-23(32)15-19(31)16-24(21)33/h6-7,15-18,27,38,40H,8-14H2,1-3H3,(H,35,39)/t27-/m1/s1. The third-order valence-electron chi connectivity index (χ3n) is 7.73. The summed E-state index contributed by atoms with van der Waals surface area (Å²) in [5.41, 5.74) is 2.47. The van der Waals surface area contributed by atoms with Gasteiger partial charge < -0.3 is 14.7 Å². The van der Waals surface area contributed by atoms with Crippen LogP contribution in [0.5, 0.6) is 5.75 Å². The Balaban J connectivity index is 1.49. The molecule has 218 valence electrons. The van der Waals surface area contributed by atoms with E-state index in [2.05, 4.69) is 16.8 Å². The largest absolute Gasteiger partial charge is 0.497 e. The van der Waals surface area contributed by atoms with E-state index in [4.69, 9.17) is 4.74 Å². The van der Waals surface area contributed by atoms with Crippen LogP contribution in [-0.2, 0) is 4.79 Å². The van der Waals surface area contributed by atoms with Crippen molar-refractivity contribution in [2.75, 3.05) is 45.7 Å². The highest BCUT2D eigenvalue weighted by atomic mass is 19.1. The molecule has 8 nitrogen and oxygen atoms in total. The van der Waals surface area contributed by atoms with Gasteiger partial charge in [0.05, 0.1) is 48.1 Å². The van der Waals surface area contributed by atoms with Crippen LogP contribution in [0.25, 0.3) is 10.9 Å². The number of pyridine rings is 1. The van der Waals surface area contributed by atoms with Gasteiger partial charge in [-0.25, -0.2) is 18.7 Å². The van der Waals surface area contributed by atoms with Gasteiger partial charge in [0.1, 0.15) is 23.2 Å². The SMILES string of the molecule is COc1ccc2ncc(N(C)C)c([C@H](O)CCC3(C(=O)NO)CCN(CC#Cc4c(F)cc(F)cc4F)CC3)c2c1. The molecular weight excluding hydrogens is 537 g/mol. The van der Waals surface area contributed by atoms with E-state index in [9.17, 15) is 28.3 Å². The monoisotopic (exact) mass is 570 g/mol. The third-order valence-corrected chi connectivity index (χ3v) is 7.73. The van der Waals surface area contributed by atoms with Gasteiger partial charge in [0, 0.05) is 50.3 Å². The molecule has 2 aromatic carbocycles. The number of piperidine rings is 1. The number of rotatable bonds is 8. The van der Waals surface area contributed by atoms with Gasteiger partial charge in [-0.2, -0.15) is 0 Å². The van der Waals surface area contributed by atoms with E-state index in [1.165, 1.54) is 0 Å². The Morgan fingerprint density at radius 1 is 1.20 bits per heavy atom. The average molecular weight is 571 g/mol. The second-order valence-electron chi connectivity index (χ2n) is 10.4. The summed E-state index contributed by atoms with van der Waals surface area (Å²) in [6.07, 6.45) is 2.06. The molecule has 1 aromatic heterocycles. The number of nitrogens with zero attached hydrogens (tertiary/aromatic N) is 3. The van der Waals surface area contributed by atoms with E-state index < -0.39 is 40.4 Å². The number of methoxy groups -OCH3 is 1. The van der Waals surface area contributed by atoms with E-state index in [0.29, 0.717) is 61.3 Å². The molecule has 0 bridgehead atoms. The van der Waals surface area contributed by atoms with Crippen molar-refractivity contribution in [1.82, 2.24) is 15.4 Å². The molecule has 4 rings (SSSR count). The zero-order valence-corrected chi connectivity index (χ0v) is 23.2. The van der Waals surface area contributed by atoms with Gasteiger partial charge in [-0.1, -0.05) is 11.8 Å². The molecule has 3 N–H and O–H groups in total. The highest BCUT2D eigenvalue weighted by molar-refractivity contribution is 5.88. The molecule has 0 aliphatic carbocycles. The predicted octanol–water partition coefficient (Wildman–Crippen LogP) is 4.18. The van der Waals surface area contributed by atoms with Crippen molar-refractivity contribution >= 4 is 22.5 Å². The van der Waals surface area contributed by atoms with E-state index in [-0.39, 0.29) is 13.0 Å². The maximum Gasteiger partial charge on any atom is 0.249 e. The number of halogens is 3. The molecule has 0 saturated carbocycles. The number of carbonyl (C=O) groups is 1. The van der Waals surface area contributed by atoms with Crippen LogP contribution in [0.1, 0.15) is 42.9 Å². The second-order valence-corrected chi connectivity index (χ2v) is 10.4. The summed E-state index contributed by atoms with van der Waals surface area (Å²) in [7, 11) is 5.28. The average Bonchev–Trinajstić information content (AvgIpc) is 2.96. The van der Waals surface area contributed by atoms with Crippen molar-refractivity contribution in [2.24, 2.45) is 5.41 Å². The first kappa shape index (κ1) is 30.1. The number of amides is 1. The maximum absolute atomic E-state index is 13.9. The molecule has 3 aromatic rings. The summed E-state index contributed by atoms with van der Waals surface area (Å²) in [6, 6.07) is 6.61. The lowest BCUT2D eigenvalue weighted by molar-refractivity contribution is -0.143. The Labute approximate surface area is 236 Å². The van der Waals surface area contributed by atoms with Gasteiger partial charge in [-0.15, -0.1) is 0 Å². The fourth-order valence-electron chi connectivity index (χ4n) is 5.32. The quantitative estimate of drug-likeness (QED) is 0.212. The number of fused-ring (bicyclic) bond motifs is 1. The summed E-state index contributed by atoms with van der Waals surface area (Å²) < 4.78 is 46.3. The first-order valence-electron chi connectivity index (χ1n) is 13.2. The van der Waals surface area contributed by atoms with Crippen LogP contribution < -0.4 is 15.1 Å². The lowest BCUT2D eigenvalue weighted by atomic mass is 9.73. The molecule has 1 amide bonds. The van der Waals surface area contributed by atoms with Crippen LogP contribution in [-0.4, -0.2) is 66.9 Å². The summed E-state index contributed by atoms with van der Waals surface area (Å²) in [5.74, 6) is 2.10. The van der Waals surface area contributed by atoms with Crippen molar-refractivity contribution in [3.8, 4) is 17.6 Å². The molecule has 1 saturated heterocycles. The first-order chi connectivity index (χ1) is 19.6. The molecule has 0 radical (unpaired) electrons. The zero-order chi connectivity index (χ0) is 29.7. The number of nitrogens with one attached hydrogen (secondary N) is 1. The van der Waals surface area contributed by atoms with Gasteiger partial charge in [0.15, 0.2) is 0 Å². The molecule has 1 aliphatic heterocycles. The maximum atomic E-state index is 13.9. The smallest absolute Gasteiger partial charge is 0.249 e. The van der Waals surface area contributed by atoms with E-state index >= 15 is 0 Å². The Kier molecular flexibility index (Phi) is 9.38. The molecule has 1 aliphatic rings. The van der Waals surface area contributed by atoms with Gasteiger partial charge in [0.25, 0.3) is 0 Å². The number of likely N-dealkylation sites (tertiary alicyclic amines) is 1. The molecule has 1 atom stereocenters. The Morgan fingerprint density at radius 3 is 2.49 bits per heavy atom. The van der Waals surface area contributed by atoms with Gasteiger partial charge in [-0.05, 0) is 43.9 Å². The number of hydrogen-bond acceptors (Lipinski definition) is 7. The Bertz CT molecular complexity index is 1460. The molecule has 2 heterocycles. The predicted molar refractivity (Wildman–Crippen MR) is 148 cm³/mol. The number of ether oxygens (including phenoxy) is 1. The van der Waals surface area contributed by atoms with Gasteiger partial charge in [-0.3, -0.25) is 19.9 Å². The minimum absolute atomic E-state index is 0.187. The number of aliphatic hydroxyl groups is 1. The summed E-state index contributed by atoms with van der Waals surface area (Å²) in [5, 5.41) is 21.7. The third kappa shape index (κ3) is 6.56. The molecular formula is C30H33F3N4O4. The van der Waals surface area contributed by atoms with E-state index in [0.717, 1.165) is 11.1 Å². The molecule has 0 spiro atoms. The summed E-state index contributed by atoms with van der Waals surface area (Å²) in [4.78, 5) is 21.2. The minimum Gasteiger partial charge on any atom is -0.497 e. The minimum atomic E-state index is -1.07. The van der Waals surface area contributed by atoms with Crippen molar-refractivity contribution in [3.63, 3.8) is 0 Å². The summed E-state index contributed by atoms with van der Waals surface area (Å²) >= 11 is 0. The molecule has 41 heavy (non-hydrogen) atoms. The second kappa shape index (κ2) is 12.8. The van der Waals surface area contributed by atoms with E-state index in [1.807, 2.05) is 36.0 Å². The van der Waals surface area contributed by atoms with Crippen LogP contribution in [0.15, 0.2) is 36.5 Å². The fourth-order valence-corrected chi connectivity index (χ4v) is 5.32. The van der Waals surface area contributed by atoms with Crippen LogP contribution in [0.4, 0.5) is 18.9 Å². The van der Waals surface area contributed by atoms with E-state index in [1.54, 1.807) is 24.9 Å². The number of aliphatic hydroxyl groups excluding tert-OH is 1. The molecule has 1 fully saturated rings. The Hall–Kier alpha value is -3.85. The highest BCUT2D eigenvalue weighted by Crippen LogP contribution is 2.41. The number of hydroxylamine groups is 1. The van der Waals surface area contributed by atoms with Gasteiger partial charge in [0.2, 0.25) is 5.91 Å². The number of benzene rings is 2. The molecule has 0 unspecified atom stereocenters. The van der Waals surface area contributed by atoms with Crippen LogP contribution in [0, 0.1) is 34.7 Å². The normalized spacial score (nSPS) is 15.6. The molecule has 11 heteroatoms. The highest BCUT2D eigenvalue weighted by Gasteiger charge is 2.41. The summed E-state index contributed by atoms with van der Waals surface area (Å²) in [6.45, 7) is 1.06. The fraction of sp³-hybridized carbons (Fsp3) is 0.400. The van der Waals surface area contributed by atoms with Crippen LogP contribution >= 0.6 is 0 Å². The number of hydrogen-bond donors (Lipinski definition) is 3. The topological polar surface area (TPSA) is 98.2 Å². The lowest BCUT2D eigenvalue weighted by Gasteiger charge is -2.40. The lowest BCUT2D eigenvalue weighted by Crippen LogP contribution is -2.48. The van der Waals surface area contributed by atoms with Crippen LogP contribution in [0.3, 0.4) is 0 Å². The van der Waals surface area contributed by atoms with Crippen molar-refractivity contribution in [1.29, 1.82) is 0 Å².